The van der Waals surface area contributed by atoms with Gasteiger partial charge in [0, 0.05) is 56.2 Å². The Morgan fingerprint density at radius 2 is 1.71 bits per heavy atom. The van der Waals surface area contributed by atoms with Crippen LogP contribution < -0.4 is 9.80 Å². The molecular weight excluding hydrogens is 444 g/mol. The van der Waals surface area contributed by atoms with E-state index in [1.165, 1.54) is 5.56 Å². The molecule has 10 nitrogen and oxygen atoms in total. The van der Waals surface area contributed by atoms with Crippen molar-refractivity contribution < 1.29 is 9.47 Å². The van der Waals surface area contributed by atoms with Crippen LogP contribution in [0.5, 0.6) is 0 Å². The minimum absolute atomic E-state index is 0.0679. The van der Waals surface area contributed by atoms with Crippen molar-refractivity contribution in [3.63, 3.8) is 0 Å². The van der Waals surface area contributed by atoms with Crippen molar-refractivity contribution >= 4 is 17.8 Å². The molecule has 186 valence electrons. The topological polar surface area (TPSA) is 92.1 Å². The molecular formula is C25H34N8O2. The molecule has 2 fully saturated rings. The van der Waals surface area contributed by atoms with E-state index < -0.39 is 0 Å². The van der Waals surface area contributed by atoms with Gasteiger partial charge < -0.3 is 24.2 Å². The highest BCUT2D eigenvalue weighted by atomic mass is 16.5. The number of hydrogen-bond acceptors (Lipinski definition) is 10. The van der Waals surface area contributed by atoms with Crippen LogP contribution in [0.15, 0.2) is 17.4 Å². The number of anilines is 2. The van der Waals surface area contributed by atoms with Crippen LogP contribution in [-0.2, 0) is 15.9 Å². The second-order valence-electron chi connectivity index (χ2n) is 10.8. The fraction of sp³-hybridized carbons (Fsp3) is 0.640. The van der Waals surface area contributed by atoms with Crippen molar-refractivity contribution in [1.82, 2.24) is 24.8 Å². The fourth-order valence-corrected chi connectivity index (χ4v) is 5.49. The van der Waals surface area contributed by atoms with Crippen LogP contribution in [0.3, 0.4) is 0 Å². The van der Waals surface area contributed by atoms with Gasteiger partial charge in [-0.3, -0.25) is 0 Å². The zero-order valence-electron chi connectivity index (χ0n) is 21.1. The van der Waals surface area contributed by atoms with Crippen LogP contribution in [0.2, 0.25) is 0 Å². The SMILES string of the molecule is Cc1ncc(-c2nc(N3CCOCC3)nc3c2CCN3C2(C)CCN(C3=NCC(C)(C)O3)C2)cn1. The summed E-state index contributed by atoms with van der Waals surface area (Å²) in [5.41, 5.74) is 2.79. The van der Waals surface area contributed by atoms with E-state index in [9.17, 15) is 0 Å². The molecule has 0 spiro atoms. The lowest BCUT2D eigenvalue weighted by Crippen LogP contribution is -2.49. The van der Waals surface area contributed by atoms with E-state index in [0.29, 0.717) is 19.8 Å². The summed E-state index contributed by atoms with van der Waals surface area (Å²) in [7, 11) is 0. The first-order valence-electron chi connectivity index (χ1n) is 12.6. The van der Waals surface area contributed by atoms with Crippen LogP contribution in [-0.4, -0.2) is 94.5 Å². The fourth-order valence-electron chi connectivity index (χ4n) is 5.49. The summed E-state index contributed by atoms with van der Waals surface area (Å²) < 4.78 is 11.7. The lowest BCUT2D eigenvalue weighted by Gasteiger charge is -2.37. The minimum Gasteiger partial charge on any atom is -0.457 e. The normalized spacial score (nSPS) is 25.6. The zero-order valence-corrected chi connectivity index (χ0v) is 21.1. The molecule has 4 aliphatic rings. The molecule has 0 aliphatic carbocycles. The second kappa shape index (κ2) is 8.29. The number of ether oxygens (including phenoxy) is 2. The van der Waals surface area contributed by atoms with Gasteiger partial charge in [-0.2, -0.15) is 4.98 Å². The van der Waals surface area contributed by atoms with Crippen molar-refractivity contribution in [2.24, 2.45) is 4.99 Å². The maximum Gasteiger partial charge on any atom is 0.288 e. The van der Waals surface area contributed by atoms with Gasteiger partial charge in [0.15, 0.2) is 0 Å². The number of amidine groups is 1. The van der Waals surface area contributed by atoms with Crippen molar-refractivity contribution in [3.8, 4) is 11.3 Å². The Balaban J connectivity index is 1.35. The van der Waals surface area contributed by atoms with E-state index in [-0.39, 0.29) is 11.1 Å². The van der Waals surface area contributed by atoms with Crippen molar-refractivity contribution in [3.05, 3.63) is 23.8 Å². The Hall–Kier alpha value is -3.01. The molecule has 0 amide bonds. The molecule has 6 heterocycles. The summed E-state index contributed by atoms with van der Waals surface area (Å²) in [6.07, 6.45) is 5.69. The number of aliphatic imine (C=N–C) groups is 1. The Labute approximate surface area is 206 Å². The van der Waals surface area contributed by atoms with E-state index in [1.54, 1.807) is 0 Å². The molecule has 6 rings (SSSR count). The summed E-state index contributed by atoms with van der Waals surface area (Å²) in [5.74, 6) is 2.56. The number of rotatable bonds is 3. The summed E-state index contributed by atoms with van der Waals surface area (Å²) in [5, 5.41) is 0. The van der Waals surface area contributed by atoms with Gasteiger partial charge in [0.2, 0.25) is 5.95 Å². The second-order valence-corrected chi connectivity index (χ2v) is 10.8. The molecule has 2 aromatic rings. The molecule has 35 heavy (non-hydrogen) atoms. The molecule has 2 aromatic heterocycles. The Kier molecular flexibility index (Phi) is 5.32. The number of likely N-dealkylation sites (tertiary alicyclic amines) is 1. The quantitative estimate of drug-likeness (QED) is 0.657. The third-order valence-electron chi connectivity index (χ3n) is 7.50. The van der Waals surface area contributed by atoms with E-state index in [1.807, 2.05) is 19.3 Å². The molecule has 10 heteroatoms. The molecule has 4 aliphatic heterocycles. The molecule has 0 radical (unpaired) electrons. The van der Waals surface area contributed by atoms with Crippen LogP contribution >= 0.6 is 0 Å². The molecule has 0 N–H and O–H groups in total. The summed E-state index contributed by atoms with van der Waals surface area (Å²) >= 11 is 0. The van der Waals surface area contributed by atoms with Gasteiger partial charge in [0.1, 0.15) is 17.2 Å². The number of morpholine rings is 1. The summed E-state index contributed by atoms with van der Waals surface area (Å²) in [6, 6.07) is 0.785. The number of nitrogens with zero attached hydrogens (tertiary/aromatic N) is 8. The van der Waals surface area contributed by atoms with Gasteiger partial charge >= 0.3 is 0 Å². The third kappa shape index (κ3) is 4.07. The Bertz CT molecular complexity index is 1140. The highest BCUT2D eigenvalue weighted by Crippen LogP contribution is 2.41. The smallest absolute Gasteiger partial charge is 0.288 e. The minimum atomic E-state index is -0.222. The summed E-state index contributed by atoms with van der Waals surface area (Å²) in [4.78, 5) is 30.8. The first kappa shape index (κ1) is 22.5. The number of hydrogen-bond donors (Lipinski definition) is 0. The molecule has 2 saturated heterocycles. The van der Waals surface area contributed by atoms with Crippen LogP contribution in [0.4, 0.5) is 11.8 Å². The standard InChI is InChI=1S/C25H34N8O2/c1-17-26-13-18(14-27-17)20-19-5-7-33(21(19)30-22(29-20)31-9-11-34-12-10-31)25(4)6-8-32(16-25)23-28-15-24(2,3)35-23/h13-14H,5-12,15-16H2,1-4H3. The average Bonchev–Trinajstić information content (AvgIpc) is 3.56. The van der Waals surface area contributed by atoms with Gasteiger partial charge in [-0.25, -0.2) is 19.9 Å². The van der Waals surface area contributed by atoms with Crippen LogP contribution in [0.1, 0.15) is 38.6 Å². The Morgan fingerprint density at radius 3 is 2.43 bits per heavy atom. The first-order chi connectivity index (χ1) is 16.8. The predicted octanol–water partition coefficient (Wildman–Crippen LogP) is 2.07. The van der Waals surface area contributed by atoms with Gasteiger partial charge in [-0.1, -0.05) is 0 Å². The van der Waals surface area contributed by atoms with Crippen molar-refractivity contribution in [1.29, 1.82) is 0 Å². The first-order valence-corrected chi connectivity index (χ1v) is 12.6. The van der Waals surface area contributed by atoms with E-state index in [4.69, 9.17) is 19.4 Å². The van der Waals surface area contributed by atoms with Gasteiger partial charge in [-0.15, -0.1) is 0 Å². The highest BCUT2D eigenvalue weighted by Gasteiger charge is 2.46. The summed E-state index contributed by atoms with van der Waals surface area (Å²) in [6.45, 7) is 14.8. The number of fused-ring (bicyclic) bond motifs is 1. The van der Waals surface area contributed by atoms with Crippen molar-refractivity contribution in [2.75, 3.05) is 62.3 Å². The lowest BCUT2D eigenvalue weighted by atomic mass is 9.99. The van der Waals surface area contributed by atoms with Gasteiger partial charge in [-0.05, 0) is 40.5 Å². The molecule has 0 saturated carbocycles. The van der Waals surface area contributed by atoms with Gasteiger partial charge in [0.25, 0.3) is 6.02 Å². The van der Waals surface area contributed by atoms with Gasteiger partial charge in [0.05, 0.1) is 31.0 Å². The molecule has 1 unspecified atom stereocenters. The Morgan fingerprint density at radius 1 is 0.943 bits per heavy atom. The predicted molar refractivity (Wildman–Crippen MR) is 134 cm³/mol. The van der Waals surface area contributed by atoms with Crippen LogP contribution in [0, 0.1) is 6.92 Å². The molecule has 1 atom stereocenters. The number of aryl methyl sites for hydroxylation is 1. The maximum atomic E-state index is 6.14. The number of aromatic nitrogens is 4. The van der Waals surface area contributed by atoms with Crippen molar-refractivity contribution in [2.45, 2.75) is 51.7 Å². The van der Waals surface area contributed by atoms with Crippen LogP contribution in [0.25, 0.3) is 11.3 Å². The lowest BCUT2D eigenvalue weighted by molar-refractivity contribution is 0.107. The highest BCUT2D eigenvalue weighted by molar-refractivity contribution is 5.77. The largest absolute Gasteiger partial charge is 0.457 e. The molecule has 0 aromatic carbocycles. The van der Waals surface area contributed by atoms with E-state index in [0.717, 1.165) is 80.4 Å². The van der Waals surface area contributed by atoms with E-state index in [2.05, 4.69) is 50.4 Å². The molecule has 0 bridgehead atoms. The van der Waals surface area contributed by atoms with E-state index >= 15 is 0 Å². The third-order valence-corrected chi connectivity index (χ3v) is 7.50. The zero-order chi connectivity index (χ0) is 24.2. The maximum absolute atomic E-state index is 6.14. The monoisotopic (exact) mass is 478 g/mol. The average molecular weight is 479 g/mol.